The van der Waals surface area contributed by atoms with Crippen LogP contribution < -0.4 is 10.1 Å². The maximum atomic E-state index is 12.3. The van der Waals surface area contributed by atoms with Gasteiger partial charge in [-0.25, -0.2) is 0 Å². The molecule has 0 bridgehead atoms. The van der Waals surface area contributed by atoms with Crippen LogP contribution in [0.25, 0.3) is 0 Å². The minimum atomic E-state index is -0.0560. The lowest BCUT2D eigenvalue weighted by Crippen LogP contribution is -2.43. The number of hydrogen-bond acceptors (Lipinski definition) is 2. The molecule has 0 unspecified atom stereocenters. The van der Waals surface area contributed by atoms with Gasteiger partial charge in [0.1, 0.15) is 5.75 Å². The highest BCUT2D eigenvalue weighted by atomic mass is 79.9. The minimum Gasteiger partial charge on any atom is -0.497 e. The van der Waals surface area contributed by atoms with E-state index < -0.39 is 0 Å². The van der Waals surface area contributed by atoms with Crippen molar-refractivity contribution in [2.75, 3.05) is 7.11 Å². The third-order valence-electron chi connectivity index (χ3n) is 3.54. The molecule has 0 saturated heterocycles. The fourth-order valence-corrected chi connectivity index (χ4v) is 2.85. The third-order valence-corrected chi connectivity index (χ3v) is 4.23. The van der Waals surface area contributed by atoms with Crippen LogP contribution in [0.2, 0.25) is 0 Å². The van der Waals surface area contributed by atoms with Crippen LogP contribution in [0.4, 0.5) is 0 Å². The lowest BCUT2D eigenvalue weighted by molar-refractivity contribution is 0.0907. The lowest BCUT2D eigenvalue weighted by atomic mass is 10.00. The summed E-state index contributed by atoms with van der Waals surface area (Å²) in [6.07, 6.45) is 4.49. The summed E-state index contributed by atoms with van der Waals surface area (Å²) in [7, 11) is 1.60. The topological polar surface area (TPSA) is 38.3 Å². The number of ether oxygens (including phenoxy) is 1. The van der Waals surface area contributed by atoms with Crippen LogP contribution in [0.15, 0.2) is 22.7 Å². The molecule has 0 atom stereocenters. The van der Waals surface area contributed by atoms with Crippen LogP contribution in [-0.2, 0) is 0 Å². The molecule has 0 aliphatic heterocycles. The predicted molar refractivity (Wildman–Crippen MR) is 75.0 cm³/mol. The Morgan fingerprint density at radius 3 is 2.67 bits per heavy atom. The zero-order chi connectivity index (χ0) is 13.2. The molecule has 98 valence electrons. The van der Waals surface area contributed by atoms with Gasteiger partial charge in [-0.2, -0.15) is 0 Å². The molecule has 1 aliphatic carbocycles. The van der Waals surface area contributed by atoms with Crippen molar-refractivity contribution in [3.63, 3.8) is 0 Å². The number of hydrogen-bond donors (Lipinski definition) is 1. The lowest BCUT2D eigenvalue weighted by Gasteiger charge is -2.25. The number of nitrogens with one attached hydrogen (secondary N) is 1. The van der Waals surface area contributed by atoms with Crippen LogP contribution in [0.3, 0.4) is 0 Å². The Morgan fingerprint density at radius 1 is 1.39 bits per heavy atom. The Bertz CT molecular complexity index is 453. The summed E-state index contributed by atoms with van der Waals surface area (Å²) in [6.45, 7) is 2.12. The molecule has 1 amide bonds. The number of carbonyl (C=O) groups excluding carboxylic acids is 1. The van der Waals surface area contributed by atoms with Gasteiger partial charge in [0.05, 0.1) is 12.7 Å². The number of rotatable bonds is 3. The molecule has 0 heterocycles. The first-order chi connectivity index (χ1) is 8.54. The molecule has 1 aliphatic rings. The summed E-state index contributed by atoms with van der Waals surface area (Å²) in [4.78, 5) is 12.3. The zero-order valence-corrected chi connectivity index (χ0v) is 12.3. The highest BCUT2D eigenvalue weighted by Gasteiger charge is 2.30. The first-order valence-corrected chi connectivity index (χ1v) is 6.99. The number of methoxy groups -OCH3 is 1. The fraction of sp³-hybridized carbons (Fsp3) is 0.500. The van der Waals surface area contributed by atoms with Crippen LogP contribution in [0.1, 0.15) is 43.0 Å². The van der Waals surface area contributed by atoms with Crippen molar-refractivity contribution in [1.82, 2.24) is 5.32 Å². The summed E-state index contributed by atoms with van der Waals surface area (Å²) in [5.41, 5.74) is 0.571. The van der Waals surface area contributed by atoms with E-state index in [9.17, 15) is 4.79 Å². The monoisotopic (exact) mass is 311 g/mol. The normalized spacial score (nSPS) is 17.5. The summed E-state index contributed by atoms with van der Waals surface area (Å²) in [6, 6.07) is 5.43. The Balaban J connectivity index is 2.17. The molecule has 1 aromatic rings. The summed E-state index contributed by atoms with van der Waals surface area (Å²) < 4.78 is 5.95. The average molecular weight is 312 g/mol. The fourth-order valence-electron chi connectivity index (χ4n) is 2.43. The van der Waals surface area contributed by atoms with Gasteiger partial charge < -0.3 is 10.1 Å². The zero-order valence-electron chi connectivity index (χ0n) is 10.8. The Labute approximate surface area is 116 Å². The molecule has 2 rings (SSSR count). The van der Waals surface area contributed by atoms with E-state index in [0.29, 0.717) is 11.3 Å². The molecule has 1 aromatic carbocycles. The van der Waals surface area contributed by atoms with Crippen molar-refractivity contribution >= 4 is 21.8 Å². The van der Waals surface area contributed by atoms with Crippen molar-refractivity contribution in [3.05, 3.63) is 28.2 Å². The van der Waals surface area contributed by atoms with Gasteiger partial charge in [0.2, 0.25) is 0 Å². The number of halogens is 1. The van der Waals surface area contributed by atoms with Gasteiger partial charge >= 0.3 is 0 Å². The van der Waals surface area contributed by atoms with E-state index in [-0.39, 0.29) is 11.4 Å². The molecule has 1 fully saturated rings. The van der Waals surface area contributed by atoms with Crippen molar-refractivity contribution < 1.29 is 9.53 Å². The first kappa shape index (κ1) is 13.4. The van der Waals surface area contributed by atoms with E-state index >= 15 is 0 Å². The van der Waals surface area contributed by atoms with Gasteiger partial charge in [-0.05, 0) is 53.9 Å². The van der Waals surface area contributed by atoms with Gasteiger partial charge in [-0.1, -0.05) is 12.8 Å². The third kappa shape index (κ3) is 2.86. The summed E-state index contributed by atoms with van der Waals surface area (Å²) >= 11 is 3.41. The van der Waals surface area contributed by atoms with E-state index in [4.69, 9.17) is 4.74 Å². The molecular weight excluding hydrogens is 294 g/mol. The molecule has 18 heavy (non-hydrogen) atoms. The van der Waals surface area contributed by atoms with Gasteiger partial charge in [0.15, 0.2) is 0 Å². The summed E-state index contributed by atoms with van der Waals surface area (Å²) in [5, 5.41) is 3.14. The second-order valence-electron chi connectivity index (χ2n) is 5.07. The van der Waals surface area contributed by atoms with Gasteiger partial charge in [0, 0.05) is 10.0 Å². The molecule has 1 saturated carbocycles. The molecule has 0 spiro atoms. The van der Waals surface area contributed by atoms with Crippen molar-refractivity contribution in [2.24, 2.45) is 0 Å². The number of amides is 1. The van der Waals surface area contributed by atoms with E-state index in [1.54, 1.807) is 13.2 Å². The van der Waals surface area contributed by atoms with Crippen LogP contribution in [-0.4, -0.2) is 18.6 Å². The Morgan fingerprint density at radius 2 is 2.06 bits per heavy atom. The van der Waals surface area contributed by atoms with Crippen LogP contribution in [0.5, 0.6) is 5.75 Å². The number of benzene rings is 1. The van der Waals surface area contributed by atoms with Crippen LogP contribution in [0, 0.1) is 0 Å². The second kappa shape index (κ2) is 5.31. The molecule has 4 heteroatoms. The maximum Gasteiger partial charge on any atom is 0.252 e. The largest absolute Gasteiger partial charge is 0.497 e. The average Bonchev–Trinajstić information content (AvgIpc) is 2.76. The molecule has 3 nitrogen and oxygen atoms in total. The van der Waals surface area contributed by atoms with Crippen molar-refractivity contribution in [3.8, 4) is 5.75 Å². The highest BCUT2D eigenvalue weighted by Crippen LogP contribution is 2.30. The predicted octanol–water partition coefficient (Wildman–Crippen LogP) is 3.52. The van der Waals surface area contributed by atoms with E-state index in [1.807, 2.05) is 12.1 Å². The molecule has 0 aromatic heterocycles. The standard InChI is InChI=1S/C14H18BrNO2/c1-14(7-3-4-8-14)16-13(17)11-9-10(18-2)5-6-12(11)15/h5-6,9H,3-4,7-8H2,1-2H3,(H,16,17). The highest BCUT2D eigenvalue weighted by molar-refractivity contribution is 9.10. The minimum absolute atomic E-state index is 0.0369. The van der Waals surface area contributed by atoms with Crippen molar-refractivity contribution in [1.29, 1.82) is 0 Å². The van der Waals surface area contributed by atoms with Gasteiger partial charge in [-0.3, -0.25) is 4.79 Å². The SMILES string of the molecule is COc1ccc(Br)c(C(=O)NC2(C)CCCC2)c1. The van der Waals surface area contributed by atoms with E-state index in [1.165, 1.54) is 12.8 Å². The molecule has 0 radical (unpaired) electrons. The smallest absolute Gasteiger partial charge is 0.252 e. The Kier molecular flexibility index (Phi) is 3.95. The quantitative estimate of drug-likeness (QED) is 0.927. The molecular formula is C14H18BrNO2. The molecule has 1 N–H and O–H groups in total. The first-order valence-electron chi connectivity index (χ1n) is 6.20. The van der Waals surface area contributed by atoms with Crippen molar-refractivity contribution in [2.45, 2.75) is 38.1 Å². The van der Waals surface area contributed by atoms with E-state index in [2.05, 4.69) is 28.2 Å². The number of carbonyl (C=O) groups is 1. The maximum absolute atomic E-state index is 12.3. The Hall–Kier alpha value is -1.03. The van der Waals surface area contributed by atoms with Gasteiger partial charge in [0.25, 0.3) is 5.91 Å². The summed E-state index contributed by atoms with van der Waals surface area (Å²) in [5.74, 6) is 0.658. The van der Waals surface area contributed by atoms with Gasteiger partial charge in [-0.15, -0.1) is 0 Å². The van der Waals surface area contributed by atoms with Crippen LogP contribution >= 0.6 is 15.9 Å². The van der Waals surface area contributed by atoms with E-state index in [0.717, 1.165) is 17.3 Å². The second-order valence-corrected chi connectivity index (χ2v) is 5.92.